The Kier molecular flexibility index (Phi) is 10.3. The molecule has 0 aliphatic rings. The molecule has 0 aliphatic heterocycles. The van der Waals surface area contributed by atoms with Crippen molar-refractivity contribution in [3.63, 3.8) is 0 Å². The molecule has 2 unspecified atom stereocenters. The van der Waals surface area contributed by atoms with E-state index in [2.05, 4.69) is 13.5 Å². The maximum absolute atomic E-state index is 11.5. The van der Waals surface area contributed by atoms with Crippen LogP contribution in [0, 0.1) is 0 Å². The summed E-state index contributed by atoms with van der Waals surface area (Å²) in [5, 5.41) is 19.6. The van der Waals surface area contributed by atoms with Gasteiger partial charge in [-0.15, -0.1) is 0 Å². The Labute approximate surface area is 128 Å². The molecule has 5 nitrogen and oxygen atoms in total. The molecular formula is C16H30O5. The van der Waals surface area contributed by atoms with Crippen molar-refractivity contribution >= 4 is 5.97 Å². The number of aliphatic hydroxyl groups excluding tert-OH is 1. The third-order valence-electron chi connectivity index (χ3n) is 3.45. The number of aliphatic hydroxyl groups is 2. The van der Waals surface area contributed by atoms with Gasteiger partial charge in [0.15, 0.2) is 0 Å². The molecular weight excluding hydrogens is 272 g/mol. The van der Waals surface area contributed by atoms with E-state index in [1.807, 2.05) is 0 Å². The molecule has 5 heteroatoms. The minimum absolute atomic E-state index is 0.163. The Morgan fingerprint density at radius 1 is 1.24 bits per heavy atom. The van der Waals surface area contributed by atoms with E-state index < -0.39 is 24.5 Å². The second-order valence-corrected chi connectivity index (χ2v) is 5.45. The number of hydrogen-bond donors (Lipinski definition) is 2. The van der Waals surface area contributed by atoms with Gasteiger partial charge >= 0.3 is 5.97 Å². The lowest BCUT2D eigenvalue weighted by Gasteiger charge is -2.33. The molecule has 0 saturated heterocycles. The molecule has 2 N–H and O–H groups in total. The van der Waals surface area contributed by atoms with Crippen LogP contribution in [0.4, 0.5) is 0 Å². The average molecular weight is 302 g/mol. The Bertz CT molecular complexity index is 316. The average Bonchev–Trinajstić information content (AvgIpc) is 2.46. The second-order valence-electron chi connectivity index (χ2n) is 5.45. The SMILES string of the molecule is C=C(C)C(=O)OC(O)(CO)C(CCCCCCCC)OC. The van der Waals surface area contributed by atoms with Gasteiger partial charge in [0.1, 0.15) is 12.7 Å². The van der Waals surface area contributed by atoms with Crippen molar-refractivity contribution in [2.45, 2.75) is 70.7 Å². The minimum Gasteiger partial charge on any atom is -0.424 e. The van der Waals surface area contributed by atoms with E-state index in [-0.39, 0.29) is 5.57 Å². The zero-order valence-corrected chi connectivity index (χ0v) is 13.6. The van der Waals surface area contributed by atoms with Crippen LogP contribution in [-0.2, 0) is 14.3 Å². The molecule has 2 atom stereocenters. The number of carbonyl (C=O) groups is 1. The van der Waals surface area contributed by atoms with Crippen LogP contribution in [0.1, 0.15) is 58.8 Å². The predicted molar refractivity (Wildman–Crippen MR) is 81.7 cm³/mol. The van der Waals surface area contributed by atoms with E-state index in [9.17, 15) is 15.0 Å². The highest BCUT2D eigenvalue weighted by Crippen LogP contribution is 2.22. The van der Waals surface area contributed by atoms with Crippen LogP contribution in [0.5, 0.6) is 0 Å². The zero-order valence-electron chi connectivity index (χ0n) is 13.6. The van der Waals surface area contributed by atoms with E-state index in [4.69, 9.17) is 9.47 Å². The summed E-state index contributed by atoms with van der Waals surface area (Å²) in [7, 11) is 1.43. The summed E-state index contributed by atoms with van der Waals surface area (Å²) >= 11 is 0. The quantitative estimate of drug-likeness (QED) is 0.251. The largest absolute Gasteiger partial charge is 0.424 e. The number of unbranched alkanes of at least 4 members (excludes halogenated alkanes) is 5. The molecule has 0 saturated carbocycles. The smallest absolute Gasteiger partial charge is 0.335 e. The summed E-state index contributed by atoms with van der Waals surface area (Å²) in [6.45, 7) is 6.39. The molecule has 0 heterocycles. The van der Waals surface area contributed by atoms with Crippen LogP contribution in [0.15, 0.2) is 12.2 Å². The molecule has 0 fully saturated rings. The number of carbonyl (C=O) groups excluding carboxylic acids is 1. The number of rotatable bonds is 12. The van der Waals surface area contributed by atoms with Gasteiger partial charge in [0.25, 0.3) is 5.79 Å². The predicted octanol–water partition coefficient (Wildman–Crippen LogP) is 2.55. The Morgan fingerprint density at radius 2 is 1.81 bits per heavy atom. The van der Waals surface area contributed by atoms with E-state index in [1.54, 1.807) is 0 Å². The fourth-order valence-corrected chi connectivity index (χ4v) is 2.09. The van der Waals surface area contributed by atoms with E-state index in [0.717, 1.165) is 19.3 Å². The highest BCUT2D eigenvalue weighted by atomic mass is 16.7. The summed E-state index contributed by atoms with van der Waals surface area (Å²) in [6.07, 6.45) is 6.38. The molecule has 21 heavy (non-hydrogen) atoms. The van der Waals surface area contributed by atoms with Crippen molar-refractivity contribution < 1.29 is 24.5 Å². The van der Waals surface area contributed by atoms with Gasteiger partial charge in [-0.1, -0.05) is 52.0 Å². The summed E-state index contributed by atoms with van der Waals surface area (Å²) < 4.78 is 10.1. The Hall–Kier alpha value is -0.910. The second kappa shape index (κ2) is 10.8. The molecule has 0 aromatic rings. The van der Waals surface area contributed by atoms with Gasteiger partial charge in [-0.05, 0) is 13.3 Å². The maximum Gasteiger partial charge on any atom is 0.335 e. The summed E-state index contributed by atoms with van der Waals surface area (Å²) in [5.74, 6) is -2.76. The highest BCUT2D eigenvalue weighted by Gasteiger charge is 2.40. The number of esters is 1. The van der Waals surface area contributed by atoms with Gasteiger partial charge in [0.2, 0.25) is 0 Å². The molecule has 0 spiro atoms. The standard InChI is InChI=1S/C16H30O5/c1-5-6-7-8-9-10-11-14(20-4)16(19,12-17)21-15(18)13(2)3/h14,17,19H,2,5-12H2,1,3-4H3. The maximum atomic E-state index is 11.5. The summed E-state index contributed by atoms with van der Waals surface area (Å²) in [4.78, 5) is 11.5. The van der Waals surface area contributed by atoms with Crippen LogP contribution in [-0.4, -0.2) is 41.8 Å². The monoisotopic (exact) mass is 302 g/mol. The van der Waals surface area contributed by atoms with E-state index in [0.29, 0.717) is 6.42 Å². The topological polar surface area (TPSA) is 76.0 Å². The van der Waals surface area contributed by atoms with Gasteiger partial charge in [-0.25, -0.2) is 4.79 Å². The third-order valence-corrected chi connectivity index (χ3v) is 3.45. The van der Waals surface area contributed by atoms with Crippen molar-refractivity contribution in [2.75, 3.05) is 13.7 Å². The molecule has 0 bridgehead atoms. The summed E-state index contributed by atoms with van der Waals surface area (Å²) in [6, 6.07) is 0. The molecule has 0 radical (unpaired) electrons. The number of hydrogen-bond acceptors (Lipinski definition) is 5. The van der Waals surface area contributed by atoms with Crippen LogP contribution in [0.2, 0.25) is 0 Å². The Balaban J connectivity index is 4.36. The van der Waals surface area contributed by atoms with Gasteiger partial charge in [0, 0.05) is 12.7 Å². The first kappa shape index (κ1) is 20.1. The molecule has 124 valence electrons. The van der Waals surface area contributed by atoms with Crippen molar-refractivity contribution in [3.05, 3.63) is 12.2 Å². The highest BCUT2D eigenvalue weighted by molar-refractivity contribution is 5.87. The van der Waals surface area contributed by atoms with Gasteiger partial charge in [-0.3, -0.25) is 0 Å². The van der Waals surface area contributed by atoms with Crippen LogP contribution >= 0.6 is 0 Å². The normalized spacial score (nSPS) is 15.3. The zero-order chi connectivity index (χ0) is 16.3. The van der Waals surface area contributed by atoms with Crippen molar-refractivity contribution in [3.8, 4) is 0 Å². The first-order chi connectivity index (χ1) is 9.91. The molecule has 0 aromatic heterocycles. The van der Waals surface area contributed by atoms with Crippen LogP contribution in [0.3, 0.4) is 0 Å². The van der Waals surface area contributed by atoms with Crippen molar-refractivity contribution in [2.24, 2.45) is 0 Å². The lowest BCUT2D eigenvalue weighted by atomic mass is 10.0. The third kappa shape index (κ3) is 7.60. The number of methoxy groups -OCH3 is 1. The van der Waals surface area contributed by atoms with Gasteiger partial charge in [-0.2, -0.15) is 0 Å². The van der Waals surface area contributed by atoms with E-state index in [1.165, 1.54) is 33.3 Å². The van der Waals surface area contributed by atoms with Gasteiger partial charge < -0.3 is 19.7 Å². The Morgan fingerprint density at radius 3 is 2.29 bits per heavy atom. The van der Waals surface area contributed by atoms with E-state index >= 15 is 0 Å². The van der Waals surface area contributed by atoms with Gasteiger partial charge in [0.05, 0.1) is 0 Å². The first-order valence-corrected chi connectivity index (χ1v) is 7.66. The van der Waals surface area contributed by atoms with Crippen LogP contribution < -0.4 is 0 Å². The van der Waals surface area contributed by atoms with Crippen molar-refractivity contribution in [1.29, 1.82) is 0 Å². The fraction of sp³-hybridized carbons (Fsp3) is 0.812. The van der Waals surface area contributed by atoms with Crippen molar-refractivity contribution in [1.82, 2.24) is 0 Å². The minimum atomic E-state index is -2.02. The lowest BCUT2D eigenvalue weighted by Crippen LogP contribution is -2.50. The number of ether oxygens (including phenoxy) is 2. The summed E-state index contributed by atoms with van der Waals surface area (Å²) in [5.41, 5.74) is 0.163. The molecule has 0 amide bonds. The van der Waals surface area contributed by atoms with Crippen LogP contribution in [0.25, 0.3) is 0 Å². The fourth-order valence-electron chi connectivity index (χ4n) is 2.09. The molecule has 0 aromatic carbocycles. The first-order valence-electron chi connectivity index (χ1n) is 7.66. The molecule has 0 rings (SSSR count). The molecule has 0 aliphatic carbocycles. The lowest BCUT2D eigenvalue weighted by molar-refractivity contribution is -0.265.